The summed E-state index contributed by atoms with van der Waals surface area (Å²) in [6, 6.07) is 10.0. The summed E-state index contributed by atoms with van der Waals surface area (Å²) in [7, 11) is 0. The Kier molecular flexibility index (Phi) is 3.91. The molecule has 1 saturated carbocycles. The number of pyridine rings is 1. The molecule has 1 heterocycles. The van der Waals surface area contributed by atoms with Gasteiger partial charge in [-0.2, -0.15) is 0 Å². The lowest BCUT2D eigenvalue weighted by Gasteiger charge is -2.28. The van der Waals surface area contributed by atoms with Gasteiger partial charge in [0.2, 0.25) is 0 Å². The summed E-state index contributed by atoms with van der Waals surface area (Å²) in [6.07, 6.45) is 8.29. The van der Waals surface area contributed by atoms with E-state index < -0.39 is 11.4 Å². The minimum Gasteiger partial charge on any atom is -0.481 e. The van der Waals surface area contributed by atoms with Crippen molar-refractivity contribution in [1.82, 2.24) is 4.98 Å². The smallest absolute Gasteiger partial charge is 0.309 e. The first-order chi connectivity index (χ1) is 10.2. The van der Waals surface area contributed by atoms with Crippen LogP contribution >= 0.6 is 0 Å². The lowest BCUT2D eigenvalue weighted by Crippen LogP contribution is -2.33. The van der Waals surface area contributed by atoms with Crippen LogP contribution in [0.4, 0.5) is 0 Å². The summed E-state index contributed by atoms with van der Waals surface area (Å²) in [6.45, 7) is 0. The van der Waals surface area contributed by atoms with E-state index in [9.17, 15) is 9.90 Å². The molecule has 21 heavy (non-hydrogen) atoms. The van der Waals surface area contributed by atoms with Gasteiger partial charge in [0.1, 0.15) is 0 Å². The van der Waals surface area contributed by atoms with Crippen molar-refractivity contribution < 1.29 is 9.90 Å². The maximum atomic E-state index is 11.9. The number of carboxylic acid groups (broad SMARTS) is 1. The molecule has 1 aromatic carbocycles. The molecule has 1 N–H and O–H groups in total. The Hall–Kier alpha value is -1.90. The molecular formula is C18H21NO2. The van der Waals surface area contributed by atoms with Crippen LogP contribution in [0.2, 0.25) is 0 Å². The van der Waals surface area contributed by atoms with E-state index in [0.717, 1.165) is 55.0 Å². The van der Waals surface area contributed by atoms with Crippen molar-refractivity contribution in [2.75, 3.05) is 0 Å². The van der Waals surface area contributed by atoms with E-state index in [0.29, 0.717) is 6.42 Å². The minimum atomic E-state index is -0.641. The first-order valence-electron chi connectivity index (χ1n) is 7.77. The van der Waals surface area contributed by atoms with Gasteiger partial charge in [-0.05, 0) is 30.9 Å². The number of hydrogen-bond donors (Lipinski definition) is 1. The van der Waals surface area contributed by atoms with Crippen molar-refractivity contribution in [2.45, 2.75) is 44.9 Å². The van der Waals surface area contributed by atoms with E-state index in [2.05, 4.69) is 4.98 Å². The molecule has 3 heteroatoms. The lowest BCUT2D eigenvalue weighted by molar-refractivity contribution is -0.149. The molecule has 0 amide bonds. The number of rotatable bonds is 3. The SMILES string of the molecule is O=C(O)C1(Cc2cccc3cccnc23)CCCCCC1. The van der Waals surface area contributed by atoms with Crippen molar-refractivity contribution in [1.29, 1.82) is 0 Å². The van der Waals surface area contributed by atoms with Crippen LogP contribution in [-0.4, -0.2) is 16.1 Å². The fourth-order valence-electron chi connectivity index (χ4n) is 3.55. The second kappa shape index (κ2) is 5.84. The van der Waals surface area contributed by atoms with Gasteiger partial charge in [0.15, 0.2) is 0 Å². The van der Waals surface area contributed by atoms with Crippen LogP contribution in [0.5, 0.6) is 0 Å². The highest BCUT2D eigenvalue weighted by atomic mass is 16.4. The van der Waals surface area contributed by atoms with Gasteiger partial charge >= 0.3 is 5.97 Å². The zero-order valence-electron chi connectivity index (χ0n) is 12.2. The Morgan fingerprint density at radius 1 is 1.10 bits per heavy atom. The number of nitrogens with zero attached hydrogens (tertiary/aromatic N) is 1. The third kappa shape index (κ3) is 2.78. The molecule has 0 spiro atoms. The van der Waals surface area contributed by atoms with Gasteiger partial charge < -0.3 is 5.11 Å². The first-order valence-corrected chi connectivity index (χ1v) is 7.77. The molecule has 1 aromatic heterocycles. The zero-order chi connectivity index (χ0) is 14.7. The topological polar surface area (TPSA) is 50.2 Å². The molecule has 0 unspecified atom stereocenters. The first kappa shape index (κ1) is 14.1. The number of carbonyl (C=O) groups is 1. The van der Waals surface area contributed by atoms with Gasteiger partial charge in [-0.15, -0.1) is 0 Å². The molecule has 0 aliphatic heterocycles. The van der Waals surface area contributed by atoms with Crippen LogP contribution in [0.25, 0.3) is 10.9 Å². The standard InChI is InChI=1S/C18H21NO2/c20-17(21)18(10-3-1-2-4-11-18)13-15-8-5-7-14-9-6-12-19-16(14)15/h5-9,12H,1-4,10-11,13H2,(H,20,21). The van der Waals surface area contributed by atoms with Crippen LogP contribution in [0.15, 0.2) is 36.5 Å². The van der Waals surface area contributed by atoms with E-state index in [1.54, 1.807) is 6.20 Å². The summed E-state index contributed by atoms with van der Waals surface area (Å²) >= 11 is 0. The Morgan fingerprint density at radius 2 is 1.81 bits per heavy atom. The number of carboxylic acids is 1. The average Bonchev–Trinajstić information content (AvgIpc) is 2.74. The van der Waals surface area contributed by atoms with Crippen LogP contribution < -0.4 is 0 Å². The Bertz CT molecular complexity index is 637. The summed E-state index contributed by atoms with van der Waals surface area (Å²) in [5.74, 6) is -0.641. The minimum absolute atomic E-state index is 0.594. The molecule has 2 aromatic rings. The predicted molar refractivity (Wildman–Crippen MR) is 83.2 cm³/mol. The monoisotopic (exact) mass is 283 g/mol. The van der Waals surface area contributed by atoms with E-state index in [1.165, 1.54) is 0 Å². The quantitative estimate of drug-likeness (QED) is 0.859. The van der Waals surface area contributed by atoms with Gasteiger partial charge in [0.25, 0.3) is 0 Å². The fourth-order valence-corrected chi connectivity index (χ4v) is 3.55. The molecular weight excluding hydrogens is 262 g/mol. The van der Waals surface area contributed by atoms with E-state index >= 15 is 0 Å². The number of hydrogen-bond acceptors (Lipinski definition) is 2. The Balaban J connectivity index is 2.00. The number of benzene rings is 1. The molecule has 1 fully saturated rings. The molecule has 3 rings (SSSR count). The number of aliphatic carboxylic acids is 1. The van der Waals surface area contributed by atoms with Crippen LogP contribution in [-0.2, 0) is 11.2 Å². The summed E-state index contributed by atoms with van der Waals surface area (Å²) < 4.78 is 0. The Morgan fingerprint density at radius 3 is 2.52 bits per heavy atom. The second-order valence-corrected chi connectivity index (χ2v) is 6.17. The Labute approximate surface area is 125 Å². The highest BCUT2D eigenvalue weighted by molar-refractivity contribution is 5.83. The van der Waals surface area contributed by atoms with Crippen LogP contribution in [0, 0.1) is 5.41 Å². The summed E-state index contributed by atoms with van der Waals surface area (Å²) in [4.78, 5) is 16.4. The van der Waals surface area contributed by atoms with E-state index in [-0.39, 0.29) is 0 Å². The number of fused-ring (bicyclic) bond motifs is 1. The predicted octanol–water partition coefficient (Wildman–Crippen LogP) is 4.20. The molecule has 110 valence electrons. The van der Waals surface area contributed by atoms with Gasteiger partial charge in [-0.25, -0.2) is 0 Å². The van der Waals surface area contributed by atoms with Crippen molar-refractivity contribution in [2.24, 2.45) is 5.41 Å². The second-order valence-electron chi connectivity index (χ2n) is 6.17. The molecule has 1 aliphatic rings. The van der Waals surface area contributed by atoms with Crippen molar-refractivity contribution in [3.8, 4) is 0 Å². The van der Waals surface area contributed by atoms with Crippen molar-refractivity contribution in [3.63, 3.8) is 0 Å². The molecule has 3 nitrogen and oxygen atoms in total. The normalized spacial score (nSPS) is 18.3. The highest BCUT2D eigenvalue weighted by Gasteiger charge is 2.39. The molecule has 1 aliphatic carbocycles. The average molecular weight is 283 g/mol. The third-order valence-corrected chi connectivity index (χ3v) is 4.76. The lowest BCUT2D eigenvalue weighted by atomic mass is 9.75. The maximum Gasteiger partial charge on any atom is 0.309 e. The van der Waals surface area contributed by atoms with Gasteiger partial charge in [-0.1, -0.05) is 49.9 Å². The largest absolute Gasteiger partial charge is 0.481 e. The zero-order valence-corrected chi connectivity index (χ0v) is 12.2. The molecule has 0 bridgehead atoms. The van der Waals surface area contributed by atoms with Gasteiger partial charge in [0.05, 0.1) is 10.9 Å². The maximum absolute atomic E-state index is 11.9. The van der Waals surface area contributed by atoms with Crippen LogP contribution in [0.1, 0.15) is 44.1 Å². The van der Waals surface area contributed by atoms with E-state index in [4.69, 9.17) is 0 Å². The van der Waals surface area contributed by atoms with Gasteiger partial charge in [-0.3, -0.25) is 9.78 Å². The molecule has 0 saturated heterocycles. The summed E-state index contributed by atoms with van der Waals surface area (Å²) in [5.41, 5.74) is 1.41. The van der Waals surface area contributed by atoms with Gasteiger partial charge in [0, 0.05) is 11.6 Å². The fraction of sp³-hybridized carbons (Fsp3) is 0.444. The molecule has 0 radical (unpaired) electrons. The molecule has 0 atom stereocenters. The van der Waals surface area contributed by atoms with Crippen LogP contribution in [0.3, 0.4) is 0 Å². The number of aromatic nitrogens is 1. The van der Waals surface area contributed by atoms with E-state index in [1.807, 2.05) is 30.3 Å². The van der Waals surface area contributed by atoms with Crippen molar-refractivity contribution in [3.05, 3.63) is 42.1 Å². The summed E-state index contributed by atoms with van der Waals surface area (Å²) in [5, 5.41) is 10.9. The third-order valence-electron chi connectivity index (χ3n) is 4.76. The number of para-hydroxylation sites is 1. The van der Waals surface area contributed by atoms with Crippen molar-refractivity contribution >= 4 is 16.9 Å². The highest BCUT2D eigenvalue weighted by Crippen LogP contribution is 2.39.